The minimum absolute atomic E-state index is 0.690. The maximum atomic E-state index is 5.96. The molecule has 0 radical (unpaired) electrons. The Morgan fingerprint density at radius 2 is 1.90 bits per heavy atom. The molecule has 0 heterocycles. The number of rotatable bonds is 6. The maximum Gasteiger partial charge on any atom is 0.144 e. The van der Waals surface area contributed by atoms with Crippen molar-refractivity contribution in [1.82, 2.24) is 0 Å². The lowest BCUT2D eigenvalue weighted by molar-refractivity contribution is 0.319. The lowest BCUT2D eigenvalue weighted by Gasteiger charge is -2.22. The van der Waals surface area contributed by atoms with E-state index in [9.17, 15) is 0 Å². The van der Waals surface area contributed by atoms with Gasteiger partial charge in [-0.3, -0.25) is 0 Å². The van der Waals surface area contributed by atoms with Crippen LogP contribution in [-0.2, 0) is 6.54 Å². The Kier molecular flexibility index (Phi) is 5.09. The van der Waals surface area contributed by atoms with Gasteiger partial charge < -0.3 is 15.4 Å². The molecule has 0 bridgehead atoms. The normalized spacial score (nSPS) is 10.4. The number of hydrogen-bond donors (Lipinski definition) is 1. The molecule has 0 fully saturated rings. The summed E-state index contributed by atoms with van der Waals surface area (Å²) in [5, 5.41) is 0. The van der Waals surface area contributed by atoms with Crippen molar-refractivity contribution in [2.45, 2.75) is 26.8 Å². The first-order chi connectivity index (χ1) is 10.1. The van der Waals surface area contributed by atoms with Crippen LogP contribution in [0.4, 0.5) is 11.4 Å². The number of benzene rings is 2. The second-order valence-corrected chi connectivity index (χ2v) is 5.35. The topological polar surface area (TPSA) is 38.5 Å². The molecule has 0 spiro atoms. The molecule has 2 rings (SSSR count). The van der Waals surface area contributed by atoms with Gasteiger partial charge in [0.05, 0.1) is 12.3 Å². The third kappa shape index (κ3) is 3.91. The van der Waals surface area contributed by atoms with Crippen LogP contribution in [0, 0.1) is 6.92 Å². The SMILES string of the molecule is CCCOc1cc(N(C)Cc2ccccc2C)ccc1N. The lowest BCUT2D eigenvalue weighted by atomic mass is 10.1. The van der Waals surface area contributed by atoms with Crippen molar-refractivity contribution in [3.8, 4) is 5.75 Å². The van der Waals surface area contributed by atoms with Gasteiger partial charge in [0.1, 0.15) is 5.75 Å². The summed E-state index contributed by atoms with van der Waals surface area (Å²) in [6, 6.07) is 14.4. The molecule has 21 heavy (non-hydrogen) atoms. The van der Waals surface area contributed by atoms with Crippen LogP contribution in [0.25, 0.3) is 0 Å². The van der Waals surface area contributed by atoms with Crippen LogP contribution >= 0.6 is 0 Å². The van der Waals surface area contributed by atoms with Crippen LogP contribution in [-0.4, -0.2) is 13.7 Å². The predicted molar refractivity (Wildman–Crippen MR) is 89.9 cm³/mol. The molecule has 0 saturated heterocycles. The zero-order chi connectivity index (χ0) is 15.2. The van der Waals surface area contributed by atoms with Crippen LogP contribution < -0.4 is 15.4 Å². The van der Waals surface area contributed by atoms with Gasteiger partial charge in [0.15, 0.2) is 0 Å². The molecular weight excluding hydrogens is 260 g/mol. The van der Waals surface area contributed by atoms with Crippen LogP contribution in [0.1, 0.15) is 24.5 Å². The number of nitrogens with zero attached hydrogens (tertiary/aromatic N) is 1. The summed E-state index contributed by atoms with van der Waals surface area (Å²) in [5.74, 6) is 0.769. The number of anilines is 2. The van der Waals surface area contributed by atoms with Crippen molar-refractivity contribution in [3.05, 3.63) is 53.6 Å². The fraction of sp³-hybridized carbons (Fsp3) is 0.333. The van der Waals surface area contributed by atoms with Crippen LogP contribution in [0.15, 0.2) is 42.5 Å². The minimum Gasteiger partial charge on any atom is -0.491 e. The van der Waals surface area contributed by atoms with Gasteiger partial charge in [-0.1, -0.05) is 31.2 Å². The molecule has 112 valence electrons. The Morgan fingerprint density at radius 1 is 1.14 bits per heavy atom. The first-order valence-corrected chi connectivity index (χ1v) is 7.39. The highest BCUT2D eigenvalue weighted by molar-refractivity contribution is 5.62. The number of aryl methyl sites for hydroxylation is 1. The molecule has 2 N–H and O–H groups in total. The van der Waals surface area contributed by atoms with E-state index >= 15 is 0 Å². The monoisotopic (exact) mass is 284 g/mol. The van der Waals surface area contributed by atoms with Crippen molar-refractivity contribution in [2.75, 3.05) is 24.3 Å². The second-order valence-electron chi connectivity index (χ2n) is 5.35. The molecule has 0 aromatic heterocycles. The van der Waals surface area contributed by atoms with E-state index in [1.807, 2.05) is 18.2 Å². The standard InChI is InChI=1S/C18H24N2O/c1-4-11-21-18-12-16(9-10-17(18)19)20(3)13-15-8-6-5-7-14(15)2/h5-10,12H,4,11,13,19H2,1-3H3. The van der Waals surface area contributed by atoms with Gasteiger partial charge in [-0.15, -0.1) is 0 Å². The number of ether oxygens (including phenoxy) is 1. The fourth-order valence-electron chi connectivity index (χ4n) is 2.23. The molecule has 3 nitrogen and oxygen atoms in total. The highest BCUT2D eigenvalue weighted by atomic mass is 16.5. The second kappa shape index (κ2) is 7.02. The summed E-state index contributed by atoms with van der Waals surface area (Å²) >= 11 is 0. The average Bonchev–Trinajstić information content (AvgIpc) is 2.48. The summed E-state index contributed by atoms with van der Waals surface area (Å²) in [4.78, 5) is 2.21. The highest BCUT2D eigenvalue weighted by Crippen LogP contribution is 2.28. The molecule has 0 atom stereocenters. The van der Waals surface area contributed by atoms with Crippen LogP contribution in [0.3, 0.4) is 0 Å². The largest absolute Gasteiger partial charge is 0.491 e. The quantitative estimate of drug-likeness (QED) is 0.815. The zero-order valence-corrected chi connectivity index (χ0v) is 13.1. The Hall–Kier alpha value is -2.16. The smallest absolute Gasteiger partial charge is 0.144 e. The zero-order valence-electron chi connectivity index (χ0n) is 13.1. The highest BCUT2D eigenvalue weighted by Gasteiger charge is 2.08. The molecule has 0 aliphatic heterocycles. The van der Waals surface area contributed by atoms with E-state index < -0.39 is 0 Å². The Balaban J connectivity index is 2.15. The first-order valence-electron chi connectivity index (χ1n) is 7.39. The summed E-state index contributed by atoms with van der Waals surface area (Å²) in [6.45, 7) is 5.78. The number of hydrogen-bond acceptors (Lipinski definition) is 3. The molecule has 0 saturated carbocycles. The predicted octanol–water partition coefficient (Wildman–Crippen LogP) is 4.00. The van der Waals surface area contributed by atoms with Crippen molar-refractivity contribution in [3.63, 3.8) is 0 Å². The van der Waals surface area contributed by atoms with Crippen molar-refractivity contribution in [1.29, 1.82) is 0 Å². The fourth-order valence-corrected chi connectivity index (χ4v) is 2.23. The van der Waals surface area contributed by atoms with E-state index in [1.54, 1.807) is 0 Å². The summed E-state index contributed by atoms with van der Waals surface area (Å²) in [6.07, 6.45) is 0.975. The average molecular weight is 284 g/mol. The molecular formula is C18H24N2O. The lowest BCUT2D eigenvalue weighted by Crippen LogP contribution is -2.17. The van der Waals surface area contributed by atoms with Crippen LogP contribution in [0.2, 0.25) is 0 Å². The van der Waals surface area contributed by atoms with E-state index in [-0.39, 0.29) is 0 Å². The summed E-state index contributed by atoms with van der Waals surface area (Å²) in [7, 11) is 2.08. The summed E-state index contributed by atoms with van der Waals surface area (Å²) < 4.78 is 5.70. The van der Waals surface area contributed by atoms with Crippen LogP contribution in [0.5, 0.6) is 5.75 Å². The third-order valence-electron chi connectivity index (χ3n) is 3.57. The van der Waals surface area contributed by atoms with Gasteiger partial charge in [-0.2, -0.15) is 0 Å². The van der Waals surface area contributed by atoms with E-state index in [0.29, 0.717) is 12.3 Å². The third-order valence-corrected chi connectivity index (χ3v) is 3.57. The van der Waals surface area contributed by atoms with E-state index in [1.165, 1.54) is 11.1 Å². The Morgan fingerprint density at radius 3 is 2.62 bits per heavy atom. The minimum atomic E-state index is 0.690. The van der Waals surface area contributed by atoms with E-state index in [4.69, 9.17) is 10.5 Å². The van der Waals surface area contributed by atoms with E-state index in [0.717, 1.165) is 24.4 Å². The molecule has 0 aliphatic rings. The number of nitrogens with two attached hydrogens (primary N) is 1. The van der Waals surface area contributed by atoms with Gasteiger partial charge in [-0.25, -0.2) is 0 Å². The molecule has 0 unspecified atom stereocenters. The van der Waals surface area contributed by atoms with Gasteiger partial charge in [0.25, 0.3) is 0 Å². The van der Waals surface area contributed by atoms with Gasteiger partial charge in [0, 0.05) is 25.3 Å². The molecule has 2 aromatic carbocycles. The van der Waals surface area contributed by atoms with Gasteiger partial charge in [-0.05, 0) is 36.6 Å². The maximum absolute atomic E-state index is 5.96. The Labute approximate surface area is 127 Å². The first kappa shape index (κ1) is 15.2. The van der Waals surface area contributed by atoms with Gasteiger partial charge >= 0.3 is 0 Å². The van der Waals surface area contributed by atoms with Crippen molar-refractivity contribution < 1.29 is 4.74 Å². The van der Waals surface area contributed by atoms with Crippen molar-refractivity contribution in [2.24, 2.45) is 0 Å². The van der Waals surface area contributed by atoms with E-state index in [2.05, 4.69) is 50.1 Å². The molecule has 0 amide bonds. The Bertz CT molecular complexity index is 596. The number of nitrogen functional groups attached to an aromatic ring is 1. The summed E-state index contributed by atoms with van der Waals surface area (Å²) in [5.41, 5.74) is 10.4. The molecule has 3 heteroatoms. The molecule has 0 aliphatic carbocycles. The van der Waals surface area contributed by atoms with Crippen molar-refractivity contribution >= 4 is 11.4 Å². The molecule has 2 aromatic rings. The van der Waals surface area contributed by atoms with Gasteiger partial charge in [0.2, 0.25) is 0 Å².